The van der Waals surface area contributed by atoms with E-state index in [1.54, 1.807) is 7.05 Å². The highest BCUT2D eigenvalue weighted by atomic mass is 16.5. The molecule has 1 amide bonds. The van der Waals surface area contributed by atoms with E-state index >= 15 is 0 Å². The zero-order chi connectivity index (χ0) is 21.7. The molecule has 0 aliphatic carbocycles. The van der Waals surface area contributed by atoms with Crippen LogP contribution in [0.1, 0.15) is 23.6 Å². The summed E-state index contributed by atoms with van der Waals surface area (Å²) >= 11 is 0. The molecule has 1 aliphatic heterocycles. The average Bonchev–Trinajstić information content (AvgIpc) is 2.72. The number of nitrogens with one attached hydrogen (secondary N) is 1. The number of morpholine rings is 1. The SMILES string of the molecule is CC1CN(Cc2cccc(CNC(=O)/C=C/c3cn(C)c(=O)n(C)c3=O)c2)CCO1. The lowest BCUT2D eigenvalue weighted by molar-refractivity contribution is -0.116. The molecule has 2 heterocycles. The van der Waals surface area contributed by atoms with Crippen molar-refractivity contribution in [1.82, 2.24) is 19.4 Å². The lowest BCUT2D eigenvalue weighted by atomic mass is 10.1. The highest BCUT2D eigenvalue weighted by Crippen LogP contribution is 2.12. The van der Waals surface area contributed by atoms with Gasteiger partial charge in [-0.1, -0.05) is 24.3 Å². The molecule has 3 rings (SSSR count). The van der Waals surface area contributed by atoms with E-state index in [2.05, 4.69) is 29.3 Å². The van der Waals surface area contributed by atoms with Crippen LogP contribution in [0.2, 0.25) is 0 Å². The Labute approximate surface area is 175 Å². The van der Waals surface area contributed by atoms with E-state index in [4.69, 9.17) is 4.74 Å². The first-order valence-electron chi connectivity index (χ1n) is 9.98. The van der Waals surface area contributed by atoms with E-state index in [9.17, 15) is 14.4 Å². The number of rotatable bonds is 6. The molecule has 30 heavy (non-hydrogen) atoms. The van der Waals surface area contributed by atoms with Crippen molar-refractivity contribution in [2.75, 3.05) is 19.7 Å². The molecule has 0 saturated carbocycles. The summed E-state index contributed by atoms with van der Waals surface area (Å²) in [5.41, 5.74) is 1.63. The zero-order valence-corrected chi connectivity index (χ0v) is 17.6. The Morgan fingerprint density at radius 1 is 1.27 bits per heavy atom. The minimum absolute atomic E-state index is 0.247. The van der Waals surface area contributed by atoms with Gasteiger partial charge in [0, 0.05) is 52.5 Å². The molecule has 1 aromatic heterocycles. The molecule has 1 saturated heterocycles. The van der Waals surface area contributed by atoms with Crippen LogP contribution in [-0.2, 0) is 36.7 Å². The summed E-state index contributed by atoms with van der Waals surface area (Å²) in [6.07, 6.45) is 4.40. The lowest BCUT2D eigenvalue weighted by Crippen LogP contribution is -2.40. The van der Waals surface area contributed by atoms with Crippen molar-refractivity contribution in [3.8, 4) is 0 Å². The first kappa shape index (κ1) is 21.7. The maximum absolute atomic E-state index is 12.2. The first-order valence-corrected chi connectivity index (χ1v) is 9.98. The third-order valence-corrected chi connectivity index (χ3v) is 5.08. The van der Waals surface area contributed by atoms with Crippen molar-refractivity contribution in [2.24, 2.45) is 14.1 Å². The number of hydrogen-bond donors (Lipinski definition) is 1. The average molecular weight is 412 g/mol. The van der Waals surface area contributed by atoms with Crippen LogP contribution >= 0.6 is 0 Å². The predicted molar refractivity (Wildman–Crippen MR) is 115 cm³/mol. The summed E-state index contributed by atoms with van der Waals surface area (Å²) < 4.78 is 7.90. The molecular formula is C22H28N4O4. The molecule has 0 spiro atoms. The van der Waals surface area contributed by atoms with Crippen LogP contribution in [0.3, 0.4) is 0 Å². The molecule has 160 valence electrons. The second-order valence-corrected chi connectivity index (χ2v) is 7.63. The molecule has 2 aromatic rings. The number of carbonyl (C=O) groups is 1. The second-order valence-electron chi connectivity index (χ2n) is 7.63. The molecule has 1 atom stereocenters. The standard InChI is InChI=1S/C22H28N4O4/c1-16-13-26(9-10-30-16)14-18-6-4-5-17(11-18)12-23-20(27)8-7-19-15-24(2)22(29)25(3)21(19)28/h4-8,11,15-16H,9-10,12-14H2,1-3H3,(H,23,27)/b8-7+. The van der Waals surface area contributed by atoms with Gasteiger partial charge in [-0.25, -0.2) is 4.79 Å². The molecule has 1 aromatic carbocycles. The van der Waals surface area contributed by atoms with Gasteiger partial charge in [0.1, 0.15) is 0 Å². The van der Waals surface area contributed by atoms with Crippen LogP contribution < -0.4 is 16.6 Å². The minimum Gasteiger partial charge on any atom is -0.376 e. The Bertz CT molecular complexity index is 1050. The van der Waals surface area contributed by atoms with E-state index < -0.39 is 11.2 Å². The Kier molecular flexibility index (Phi) is 7.02. The summed E-state index contributed by atoms with van der Waals surface area (Å²) in [5, 5.41) is 2.83. The van der Waals surface area contributed by atoms with Crippen molar-refractivity contribution in [3.63, 3.8) is 0 Å². The molecular weight excluding hydrogens is 384 g/mol. The normalized spacial score (nSPS) is 17.4. The highest BCUT2D eigenvalue weighted by Gasteiger charge is 2.16. The number of aryl methyl sites for hydroxylation is 1. The molecule has 8 nitrogen and oxygen atoms in total. The van der Waals surface area contributed by atoms with Crippen molar-refractivity contribution < 1.29 is 9.53 Å². The number of benzene rings is 1. The molecule has 8 heteroatoms. The summed E-state index contributed by atoms with van der Waals surface area (Å²) in [7, 11) is 2.97. The van der Waals surface area contributed by atoms with Crippen LogP contribution in [0.25, 0.3) is 6.08 Å². The summed E-state index contributed by atoms with van der Waals surface area (Å²) in [4.78, 5) is 38.4. The largest absolute Gasteiger partial charge is 0.376 e. The quantitative estimate of drug-likeness (QED) is 0.704. The van der Waals surface area contributed by atoms with E-state index in [1.807, 2.05) is 12.1 Å². The minimum atomic E-state index is -0.438. The smallest absolute Gasteiger partial charge is 0.330 e. The van der Waals surface area contributed by atoms with Gasteiger partial charge in [0.15, 0.2) is 0 Å². The maximum atomic E-state index is 12.2. The van der Waals surface area contributed by atoms with Gasteiger partial charge >= 0.3 is 5.69 Å². The van der Waals surface area contributed by atoms with Gasteiger partial charge in [0.2, 0.25) is 5.91 Å². The molecule has 0 bridgehead atoms. The summed E-state index contributed by atoms with van der Waals surface area (Å²) in [5.74, 6) is -0.307. The highest BCUT2D eigenvalue weighted by molar-refractivity contribution is 5.91. The number of amides is 1. The van der Waals surface area contributed by atoms with Crippen LogP contribution in [0.5, 0.6) is 0 Å². The Hall–Kier alpha value is -2.97. The fraction of sp³-hybridized carbons (Fsp3) is 0.409. The number of nitrogens with zero attached hydrogens (tertiary/aromatic N) is 3. The van der Waals surface area contributed by atoms with Crippen molar-refractivity contribution >= 4 is 12.0 Å². The van der Waals surface area contributed by atoms with Crippen molar-refractivity contribution in [1.29, 1.82) is 0 Å². The fourth-order valence-electron chi connectivity index (χ4n) is 3.49. The van der Waals surface area contributed by atoms with Crippen LogP contribution in [-0.4, -0.2) is 45.7 Å². The van der Waals surface area contributed by atoms with Crippen LogP contribution in [0.15, 0.2) is 46.1 Å². The number of ether oxygens (including phenoxy) is 1. The summed E-state index contributed by atoms with van der Waals surface area (Å²) in [6.45, 7) is 5.91. The first-order chi connectivity index (χ1) is 14.3. The number of aromatic nitrogens is 2. The van der Waals surface area contributed by atoms with Gasteiger partial charge in [-0.2, -0.15) is 0 Å². The van der Waals surface area contributed by atoms with Crippen LogP contribution in [0, 0.1) is 0 Å². The van der Waals surface area contributed by atoms with Gasteiger partial charge in [0.25, 0.3) is 5.56 Å². The van der Waals surface area contributed by atoms with E-state index in [0.717, 1.165) is 36.4 Å². The number of hydrogen-bond acceptors (Lipinski definition) is 5. The van der Waals surface area contributed by atoms with Crippen molar-refractivity contribution in [2.45, 2.75) is 26.1 Å². The molecule has 1 N–H and O–H groups in total. The Morgan fingerprint density at radius 2 is 2.03 bits per heavy atom. The van der Waals surface area contributed by atoms with Gasteiger partial charge < -0.3 is 14.6 Å². The van der Waals surface area contributed by atoms with Gasteiger partial charge in [-0.15, -0.1) is 0 Å². The Balaban J connectivity index is 1.58. The topological polar surface area (TPSA) is 85.6 Å². The second kappa shape index (κ2) is 9.69. The van der Waals surface area contributed by atoms with Gasteiger partial charge in [-0.3, -0.25) is 19.1 Å². The monoisotopic (exact) mass is 412 g/mol. The molecule has 1 aliphatic rings. The van der Waals surface area contributed by atoms with E-state index in [1.165, 1.54) is 35.5 Å². The zero-order valence-electron chi connectivity index (χ0n) is 17.6. The predicted octanol–water partition coefficient (Wildman–Crippen LogP) is 0.634. The lowest BCUT2D eigenvalue weighted by Gasteiger charge is -2.31. The third-order valence-electron chi connectivity index (χ3n) is 5.08. The number of carbonyl (C=O) groups excluding carboxylic acids is 1. The Morgan fingerprint density at radius 3 is 2.80 bits per heavy atom. The molecule has 1 fully saturated rings. The maximum Gasteiger partial charge on any atom is 0.330 e. The van der Waals surface area contributed by atoms with Gasteiger partial charge in [0.05, 0.1) is 18.3 Å². The van der Waals surface area contributed by atoms with Crippen molar-refractivity contribution in [3.05, 3.63) is 74.1 Å². The third kappa shape index (κ3) is 5.55. The van der Waals surface area contributed by atoms with E-state index in [0.29, 0.717) is 6.54 Å². The van der Waals surface area contributed by atoms with Gasteiger partial charge in [-0.05, 0) is 24.1 Å². The van der Waals surface area contributed by atoms with Crippen LogP contribution in [0.4, 0.5) is 0 Å². The molecule has 1 unspecified atom stereocenters. The molecule has 0 radical (unpaired) electrons. The van der Waals surface area contributed by atoms with E-state index in [-0.39, 0.29) is 17.6 Å². The fourth-order valence-corrected chi connectivity index (χ4v) is 3.49. The summed E-state index contributed by atoms with van der Waals surface area (Å²) in [6, 6.07) is 8.14.